The molecule has 1 N–H and O–H groups in total. The molecule has 0 amide bonds. The number of likely N-dealkylation sites (tertiary alicyclic amines) is 1. The third kappa shape index (κ3) is 7.51. The van der Waals surface area contributed by atoms with Crippen LogP contribution in [0.25, 0.3) is 11.3 Å². The molecule has 2 aliphatic rings. The van der Waals surface area contributed by atoms with Gasteiger partial charge < -0.3 is 24.4 Å². The first-order valence-electron chi connectivity index (χ1n) is 15.3. The summed E-state index contributed by atoms with van der Waals surface area (Å²) in [7, 11) is 0. The summed E-state index contributed by atoms with van der Waals surface area (Å²) in [6, 6.07) is 13.8. The van der Waals surface area contributed by atoms with Crippen molar-refractivity contribution in [3.8, 4) is 17.0 Å². The average Bonchev–Trinajstić information content (AvgIpc) is 3.01. The third-order valence-electron chi connectivity index (χ3n) is 8.67. The number of ether oxygens (including phenoxy) is 2. The van der Waals surface area contributed by atoms with Crippen molar-refractivity contribution in [3.05, 3.63) is 76.9 Å². The van der Waals surface area contributed by atoms with Crippen LogP contribution in [0, 0.1) is 24.5 Å². The van der Waals surface area contributed by atoms with E-state index >= 15 is 4.39 Å². The predicted octanol–water partition coefficient (Wildman–Crippen LogP) is 5.87. The second kappa shape index (κ2) is 14.3. The molecule has 0 bridgehead atoms. The summed E-state index contributed by atoms with van der Waals surface area (Å²) < 4.78 is 40.8. The molecule has 0 saturated carbocycles. The number of aliphatic hydroxyl groups is 1. The quantitative estimate of drug-likeness (QED) is 0.295. The van der Waals surface area contributed by atoms with Crippen LogP contribution in [0.4, 0.5) is 14.6 Å². The molecule has 230 valence electrons. The normalized spacial score (nSPS) is 16.8. The van der Waals surface area contributed by atoms with Gasteiger partial charge in [0, 0.05) is 31.3 Å². The zero-order valence-corrected chi connectivity index (χ0v) is 25.0. The van der Waals surface area contributed by atoms with Crippen LogP contribution in [0.2, 0.25) is 0 Å². The minimum atomic E-state index is -0.777. The van der Waals surface area contributed by atoms with Crippen molar-refractivity contribution in [2.24, 2.45) is 5.92 Å². The lowest BCUT2D eigenvalue weighted by Crippen LogP contribution is -2.37. The number of rotatable bonds is 10. The summed E-state index contributed by atoms with van der Waals surface area (Å²) in [4.78, 5) is 21.3. The standard InChI is InChI=1S/C34H41F2N3O4/c1-3-42-34(41)25-11-15-39(16-12-25)32-6-4-5-31(37-32)29-20-28(35)21-30(36)33(29)43-22-27-8-7-26(19-23(27)2)24-9-13-38(14-10-24)17-18-40/h4-8,19-21,24-25,40H,3,9-18,22H2,1-2H3. The van der Waals surface area contributed by atoms with Crippen molar-refractivity contribution in [3.63, 3.8) is 0 Å². The number of hydrogen-bond donors (Lipinski definition) is 1. The third-order valence-corrected chi connectivity index (χ3v) is 8.67. The second-order valence-corrected chi connectivity index (χ2v) is 11.5. The number of nitrogens with zero attached hydrogens (tertiary/aromatic N) is 3. The average molecular weight is 594 g/mol. The highest BCUT2D eigenvalue weighted by atomic mass is 19.1. The van der Waals surface area contributed by atoms with Gasteiger partial charge in [-0.1, -0.05) is 24.3 Å². The van der Waals surface area contributed by atoms with Crippen LogP contribution in [0.5, 0.6) is 5.75 Å². The molecular formula is C34H41F2N3O4. The number of aliphatic hydroxyl groups excluding tert-OH is 1. The fraction of sp³-hybridized carbons (Fsp3) is 0.471. The molecule has 3 heterocycles. The number of benzene rings is 2. The molecule has 3 aromatic rings. The molecule has 0 aliphatic carbocycles. The number of esters is 1. The molecule has 1 aromatic heterocycles. The Labute approximate surface area is 252 Å². The number of β-amino-alcohol motifs (C(OH)–C–C–N with tert-alkyl or cyclic N) is 1. The van der Waals surface area contributed by atoms with Crippen LogP contribution in [-0.2, 0) is 16.1 Å². The van der Waals surface area contributed by atoms with Crippen molar-refractivity contribution in [1.29, 1.82) is 0 Å². The Morgan fingerprint density at radius 1 is 1.02 bits per heavy atom. The van der Waals surface area contributed by atoms with Gasteiger partial charge in [0.1, 0.15) is 18.2 Å². The van der Waals surface area contributed by atoms with Gasteiger partial charge in [0.15, 0.2) is 11.6 Å². The van der Waals surface area contributed by atoms with Gasteiger partial charge in [0.05, 0.1) is 24.8 Å². The molecule has 2 saturated heterocycles. The van der Waals surface area contributed by atoms with Crippen molar-refractivity contribution in [2.45, 2.75) is 52.1 Å². The first-order chi connectivity index (χ1) is 20.9. The summed E-state index contributed by atoms with van der Waals surface area (Å²) in [6.07, 6.45) is 3.42. The Kier molecular flexibility index (Phi) is 10.3. The SMILES string of the molecule is CCOC(=O)C1CCN(c2cccc(-c3cc(F)cc(F)c3OCc3ccc(C4CCN(CCO)CC4)cc3C)n2)CC1. The van der Waals surface area contributed by atoms with Crippen LogP contribution in [0.1, 0.15) is 55.2 Å². The summed E-state index contributed by atoms with van der Waals surface area (Å²) >= 11 is 0. The zero-order chi connectivity index (χ0) is 30.3. The van der Waals surface area contributed by atoms with Crippen LogP contribution in [0.3, 0.4) is 0 Å². The molecular weight excluding hydrogens is 552 g/mol. The van der Waals surface area contributed by atoms with E-state index in [1.54, 1.807) is 13.0 Å². The highest BCUT2D eigenvalue weighted by molar-refractivity contribution is 5.73. The molecule has 7 nitrogen and oxygen atoms in total. The maximum absolute atomic E-state index is 15.2. The molecule has 0 spiro atoms. The molecule has 5 rings (SSSR count). The number of halogens is 2. The summed E-state index contributed by atoms with van der Waals surface area (Å²) in [5.74, 6) is -0.645. The van der Waals surface area contributed by atoms with E-state index in [2.05, 4.69) is 21.9 Å². The van der Waals surface area contributed by atoms with Gasteiger partial charge in [-0.05, 0) is 93.4 Å². The van der Waals surface area contributed by atoms with Crippen molar-refractivity contribution >= 4 is 11.8 Å². The van der Waals surface area contributed by atoms with E-state index in [0.717, 1.165) is 49.7 Å². The monoisotopic (exact) mass is 593 g/mol. The molecule has 0 atom stereocenters. The van der Waals surface area contributed by atoms with Crippen LogP contribution in [0.15, 0.2) is 48.5 Å². The van der Waals surface area contributed by atoms with Gasteiger partial charge >= 0.3 is 5.97 Å². The molecule has 0 unspecified atom stereocenters. The van der Waals surface area contributed by atoms with Crippen molar-refractivity contribution < 1.29 is 28.2 Å². The molecule has 2 aromatic carbocycles. The maximum Gasteiger partial charge on any atom is 0.309 e. The molecule has 43 heavy (non-hydrogen) atoms. The number of aromatic nitrogens is 1. The fourth-order valence-corrected chi connectivity index (χ4v) is 6.17. The van der Waals surface area contributed by atoms with Crippen LogP contribution in [-0.4, -0.2) is 66.9 Å². The number of aryl methyl sites for hydroxylation is 1. The van der Waals surface area contributed by atoms with E-state index in [1.165, 1.54) is 11.6 Å². The highest BCUT2D eigenvalue weighted by Crippen LogP contribution is 2.35. The molecule has 0 radical (unpaired) electrons. The first kappa shape index (κ1) is 30.9. The van der Waals surface area contributed by atoms with Crippen molar-refractivity contribution in [2.75, 3.05) is 50.8 Å². The van der Waals surface area contributed by atoms with E-state index < -0.39 is 11.6 Å². The zero-order valence-electron chi connectivity index (χ0n) is 25.0. The summed E-state index contributed by atoms with van der Waals surface area (Å²) in [6.45, 7) is 8.47. The lowest BCUT2D eigenvalue weighted by atomic mass is 9.88. The number of pyridine rings is 1. The van der Waals surface area contributed by atoms with Crippen LogP contribution >= 0.6 is 0 Å². The predicted molar refractivity (Wildman–Crippen MR) is 162 cm³/mol. The highest BCUT2D eigenvalue weighted by Gasteiger charge is 2.27. The van der Waals surface area contributed by atoms with E-state index in [0.29, 0.717) is 50.0 Å². The first-order valence-corrected chi connectivity index (χ1v) is 15.3. The number of anilines is 1. The number of carbonyl (C=O) groups excluding carboxylic acids is 1. The van der Waals surface area contributed by atoms with Gasteiger partial charge in [-0.3, -0.25) is 4.79 Å². The van der Waals surface area contributed by atoms with E-state index in [1.807, 2.05) is 25.1 Å². The van der Waals surface area contributed by atoms with Gasteiger partial charge in [-0.2, -0.15) is 0 Å². The Balaban J connectivity index is 1.29. The van der Waals surface area contributed by atoms with Crippen LogP contribution < -0.4 is 9.64 Å². The number of piperidine rings is 2. The Hall–Kier alpha value is -3.56. The molecule has 9 heteroatoms. The fourth-order valence-electron chi connectivity index (χ4n) is 6.17. The smallest absolute Gasteiger partial charge is 0.309 e. The van der Waals surface area contributed by atoms with Gasteiger partial charge in [-0.25, -0.2) is 13.8 Å². The largest absolute Gasteiger partial charge is 0.485 e. The Morgan fingerprint density at radius 2 is 1.79 bits per heavy atom. The minimum Gasteiger partial charge on any atom is -0.485 e. The van der Waals surface area contributed by atoms with Gasteiger partial charge in [0.2, 0.25) is 0 Å². The summed E-state index contributed by atoms with van der Waals surface area (Å²) in [5.41, 5.74) is 3.95. The van der Waals surface area contributed by atoms with E-state index in [-0.39, 0.29) is 36.4 Å². The minimum absolute atomic E-state index is 0.0354. The van der Waals surface area contributed by atoms with E-state index in [4.69, 9.17) is 14.5 Å². The number of hydrogen-bond acceptors (Lipinski definition) is 7. The van der Waals surface area contributed by atoms with Gasteiger partial charge in [0.25, 0.3) is 0 Å². The Morgan fingerprint density at radius 3 is 2.49 bits per heavy atom. The molecule has 2 aliphatic heterocycles. The summed E-state index contributed by atoms with van der Waals surface area (Å²) in [5, 5.41) is 9.20. The lowest BCUT2D eigenvalue weighted by molar-refractivity contribution is -0.148. The Bertz CT molecular complexity index is 1400. The second-order valence-electron chi connectivity index (χ2n) is 11.5. The maximum atomic E-state index is 15.2. The van der Waals surface area contributed by atoms with Gasteiger partial charge in [-0.15, -0.1) is 0 Å². The molecule has 2 fully saturated rings. The number of carbonyl (C=O) groups is 1. The van der Waals surface area contributed by atoms with Crippen molar-refractivity contribution in [1.82, 2.24) is 9.88 Å². The lowest BCUT2D eigenvalue weighted by Gasteiger charge is -2.32. The van der Waals surface area contributed by atoms with E-state index in [9.17, 15) is 14.3 Å². The topological polar surface area (TPSA) is 75.1 Å².